The van der Waals surface area contributed by atoms with E-state index in [-0.39, 0.29) is 12.3 Å². The third-order valence-electron chi connectivity index (χ3n) is 2.73. The number of amides is 1. The zero-order valence-electron chi connectivity index (χ0n) is 10.7. The summed E-state index contributed by atoms with van der Waals surface area (Å²) in [7, 11) is 0. The number of nitrogens with zero attached hydrogens (tertiary/aromatic N) is 2. The van der Waals surface area contributed by atoms with Gasteiger partial charge in [0.05, 0.1) is 11.7 Å². The molecule has 104 valence electrons. The van der Waals surface area contributed by atoms with Crippen molar-refractivity contribution in [3.63, 3.8) is 0 Å². The van der Waals surface area contributed by atoms with Crippen LogP contribution in [0.15, 0.2) is 42.0 Å². The van der Waals surface area contributed by atoms with Crippen molar-refractivity contribution in [3.8, 4) is 0 Å². The van der Waals surface area contributed by atoms with E-state index in [9.17, 15) is 9.59 Å². The third-order valence-corrected chi connectivity index (χ3v) is 3.49. The van der Waals surface area contributed by atoms with Crippen LogP contribution < -0.4 is 4.90 Å². The standard InChI is InChI=1S/C14H14N2O3S/c17-13(18)7-4-8-16(11-5-2-1-3-6-11)14(19)12-9-15-10-20-12/h1-3,5-6,9-10H,4,7-8H2,(H,17,18). The molecule has 0 saturated carbocycles. The highest BCUT2D eigenvalue weighted by atomic mass is 32.1. The molecule has 1 amide bonds. The van der Waals surface area contributed by atoms with Crippen LogP contribution in [0.25, 0.3) is 0 Å². The van der Waals surface area contributed by atoms with Crippen molar-refractivity contribution in [2.45, 2.75) is 12.8 Å². The van der Waals surface area contributed by atoms with E-state index in [0.29, 0.717) is 17.8 Å². The average molecular weight is 290 g/mol. The van der Waals surface area contributed by atoms with Crippen LogP contribution >= 0.6 is 11.3 Å². The Hall–Kier alpha value is -2.21. The van der Waals surface area contributed by atoms with Crippen molar-refractivity contribution in [1.29, 1.82) is 0 Å². The van der Waals surface area contributed by atoms with Gasteiger partial charge in [0.25, 0.3) is 5.91 Å². The minimum Gasteiger partial charge on any atom is -0.481 e. The lowest BCUT2D eigenvalue weighted by atomic mass is 10.2. The Bertz CT molecular complexity index is 569. The molecule has 0 aliphatic rings. The number of para-hydroxylation sites is 1. The van der Waals surface area contributed by atoms with Crippen molar-refractivity contribution in [2.75, 3.05) is 11.4 Å². The van der Waals surface area contributed by atoms with Gasteiger partial charge in [-0.2, -0.15) is 0 Å². The molecule has 0 radical (unpaired) electrons. The molecule has 1 aromatic heterocycles. The number of hydrogen-bond acceptors (Lipinski definition) is 4. The molecule has 0 unspecified atom stereocenters. The van der Waals surface area contributed by atoms with E-state index in [1.165, 1.54) is 17.5 Å². The van der Waals surface area contributed by atoms with Crippen molar-refractivity contribution in [3.05, 3.63) is 46.9 Å². The Morgan fingerprint density at radius 2 is 2.00 bits per heavy atom. The Kier molecular flexibility index (Phi) is 4.84. The van der Waals surface area contributed by atoms with Crippen LogP contribution in [0, 0.1) is 0 Å². The summed E-state index contributed by atoms with van der Waals surface area (Å²) >= 11 is 1.28. The second-order valence-corrected chi connectivity index (χ2v) is 5.04. The van der Waals surface area contributed by atoms with Gasteiger partial charge in [0.15, 0.2) is 0 Å². The minimum atomic E-state index is -0.858. The number of carbonyl (C=O) groups is 2. The van der Waals surface area contributed by atoms with Crippen molar-refractivity contribution in [2.24, 2.45) is 0 Å². The molecule has 0 saturated heterocycles. The van der Waals surface area contributed by atoms with Gasteiger partial charge in [-0.1, -0.05) is 18.2 Å². The molecule has 20 heavy (non-hydrogen) atoms. The SMILES string of the molecule is O=C(O)CCCN(C(=O)c1cncs1)c1ccccc1. The van der Waals surface area contributed by atoms with Gasteiger partial charge >= 0.3 is 5.97 Å². The Morgan fingerprint density at radius 1 is 1.25 bits per heavy atom. The van der Waals surface area contributed by atoms with Crippen LogP contribution in [0.1, 0.15) is 22.5 Å². The molecule has 2 rings (SSSR count). The number of aromatic nitrogens is 1. The first-order valence-corrected chi connectivity index (χ1v) is 7.03. The van der Waals surface area contributed by atoms with E-state index in [2.05, 4.69) is 4.98 Å². The summed E-state index contributed by atoms with van der Waals surface area (Å²) < 4.78 is 0. The molecule has 0 atom stereocenters. The molecule has 5 nitrogen and oxygen atoms in total. The van der Waals surface area contributed by atoms with Crippen LogP contribution in [0.4, 0.5) is 5.69 Å². The quantitative estimate of drug-likeness (QED) is 0.888. The fraction of sp³-hybridized carbons (Fsp3) is 0.214. The number of carboxylic acid groups (broad SMARTS) is 1. The lowest BCUT2D eigenvalue weighted by Crippen LogP contribution is -2.31. The van der Waals surface area contributed by atoms with Crippen molar-refractivity contribution >= 4 is 28.9 Å². The summed E-state index contributed by atoms with van der Waals surface area (Å²) in [6.45, 7) is 0.368. The maximum absolute atomic E-state index is 12.4. The molecule has 0 spiro atoms. The highest BCUT2D eigenvalue weighted by Gasteiger charge is 2.18. The van der Waals surface area contributed by atoms with Gasteiger partial charge in [-0.25, -0.2) is 0 Å². The van der Waals surface area contributed by atoms with Gasteiger partial charge in [0.2, 0.25) is 0 Å². The third kappa shape index (κ3) is 3.64. The lowest BCUT2D eigenvalue weighted by molar-refractivity contribution is -0.137. The summed E-state index contributed by atoms with van der Waals surface area (Å²) in [6, 6.07) is 9.23. The van der Waals surface area contributed by atoms with Crippen molar-refractivity contribution in [1.82, 2.24) is 4.98 Å². The van der Waals surface area contributed by atoms with E-state index in [1.807, 2.05) is 30.3 Å². The first-order valence-electron chi connectivity index (χ1n) is 6.15. The van der Waals surface area contributed by atoms with Gasteiger partial charge in [0.1, 0.15) is 4.88 Å². The molecule has 0 aliphatic carbocycles. The van der Waals surface area contributed by atoms with Crippen LogP contribution in [0.2, 0.25) is 0 Å². The number of carboxylic acids is 1. The summed E-state index contributed by atoms with van der Waals surface area (Å²) in [5.41, 5.74) is 2.37. The molecule has 1 N–H and O–H groups in total. The zero-order valence-corrected chi connectivity index (χ0v) is 11.5. The van der Waals surface area contributed by atoms with Crippen LogP contribution in [-0.4, -0.2) is 28.5 Å². The summed E-state index contributed by atoms with van der Waals surface area (Å²) in [5, 5.41) is 8.71. The smallest absolute Gasteiger partial charge is 0.303 e. The highest BCUT2D eigenvalue weighted by Crippen LogP contribution is 2.19. The highest BCUT2D eigenvalue weighted by molar-refractivity contribution is 7.11. The predicted octanol–water partition coefficient (Wildman–Crippen LogP) is 2.65. The maximum atomic E-state index is 12.4. The van der Waals surface area contributed by atoms with Crippen LogP contribution in [-0.2, 0) is 4.79 Å². The minimum absolute atomic E-state index is 0.0410. The Labute approximate surface area is 120 Å². The fourth-order valence-electron chi connectivity index (χ4n) is 1.80. The van der Waals surface area contributed by atoms with E-state index in [1.54, 1.807) is 10.4 Å². The molecular weight excluding hydrogens is 276 g/mol. The van der Waals surface area contributed by atoms with E-state index in [0.717, 1.165) is 5.69 Å². The molecule has 6 heteroatoms. The number of carbonyl (C=O) groups excluding carboxylic acids is 1. The maximum Gasteiger partial charge on any atom is 0.303 e. The average Bonchev–Trinajstić information content (AvgIpc) is 2.98. The number of hydrogen-bond donors (Lipinski definition) is 1. The molecular formula is C14H14N2O3S. The molecule has 0 bridgehead atoms. The molecule has 1 aromatic carbocycles. The number of anilines is 1. The first kappa shape index (κ1) is 14.2. The van der Waals surface area contributed by atoms with Crippen molar-refractivity contribution < 1.29 is 14.7 Å². The normalized spacial score (nSPS) is 10.2. The summed E-state index contributed by atoms with van der Waals surface area (Å²) in [6.07, 6.45) is 1.98. The number of thiazole rings is 1. The van der Waals surface area contributed by atoms with Gasteiger partial charge < -0.3 is 10.0 Å². The zero-order chi connectivity index (χ0) is 14.4. The van der Waals surface area contributed by atoms with Gasteiger partial charge in [-0.15, -0.1) is 11.3 Å². The topological polar surface area (TPSA) is 70.5 Å². The predicted molar refractivity (Wildman–Crippen MR) is 77.1 cm³/mol. The largest absolute Gasteiger partial charge is 0.481 e. The summed E-state index contributed by atoms with van der Waals surface area (Å²) in [4.78, 5) is 29.1. The summed E-state index contributed by atoms with van der Waals surface area (Å²) in [5.74, 6) is -1.01. The lowest BCUT2D eigenvalue weighted by Gasteiger charge is -2.21. The molecule has 1 heterocycles. The number of rotatable bonds is 6. The molecule has 2 aromatic rings. The number of benzene rings is 1. The van der Waals surface area contributed by atoms with Crippen LogP contribution in [0.5, 0.6) is 0 Å². The first-order chi connectivity index (χ1) is 9.68. The van der Waals surface area contributed by atoms with E-state index in [4.69, 9.17) is 5.11 Å². The molecule has 0 aliphatic heterocycles. The monoisotopic (exact) mass is 290 g/mol. The Balaban J connectivity index is 2.16. The fourth-order valence-corrected chi connectivity index (χ4v) is 2.37. The second kappa shape index (κ2) is 6.81. The van der Waals surface area contributed by atoms with Gasteiger partial charge in [-0.05, 0) is 18.6 Å². The van der Waals surface area contributed by atoms with E-state index < -0.39 is 5.97 Å². The van der Waals surface area contributed by atoms with Gasteiger partial charge in [-0.3, -0.25) is 14.6 Å². The van der Waals surface area contributed by atoms with E-state index >= 15 is 0 Å². The van der Waals surface area contributed by atoms with Gasteiger partial charge in [0, 0.05) is 18.7 Å². The second-order valence-electron chi connectivity index (χ2n) is 4.16. The molecule has 0 fully saturated rings. The Morgan fingerprint density at radius 3 is 2.60 bits per heavy atom. The van der Waals surface area contributed by atoms with Crippen LogP contribution in [0.3, 0.4) is 0 Å². The number of aliphatic carboxylic acids is 1.